The minimum Gasteiger partial charge on any atom is -0.340 e. The molecule has 0 aliphatic rings. The van der Waals surface area contributed by atoms with Gasteiger partial charge in [0.1, 0.15) is 0 Å². The molecule has 4 aromatic rings. The lowest BCUT2D eigenvalue weighted by atomic mass is 10.0. The topological polar surface area (TPSA) is 22.0 Å². The van der Waals surface area contributed by atoms with Crippen LogP contribution in [0.25, 0.3) is 10.9 Å². The zero-order valence-electron chi connectivity index (χ0n) is 16.8. The van der Waals surface area contributed by atoms with E-state index in [1.807, 2.05) is 54.2 Å². The minimum atomic E-state index is 0.101. The predicted octanol–water partition coefficient (Wildman–Crippen LogP) is 6.92. The van der Waals surface area contributed by atoms with E-state index in [9.17, 15) is 4.79 Å². The van der Waals surface area contributed by atoms with Crippen molar-refractivity contribution >= 4 is 28.4 Å². The van der Waals surface area contributed by atoms with Gasteiger partial charge in [0, 0.05) is 38.9 Å². The molecular formula is C26H25NOS. The third-order valence-electron chi connectivity index (χ3n) is 5.44. The van der Waals surface area contributed by atoms with Crippen LogP contribution in [0.4, 0.5) is 0 Å². The van der Waals surface area contributed by atoms with Crippen molar-refractivity contribution in [2.75, 3.05) is 5.75 Å². The summed E-state index contributed by atoms with van der Waals surface area (Å²) in [7, 11) is 0. The highest BCUT2D eigenvalue weighted by molar-refractivity contribution is 7.99. The van der Waals surface area contributed by atoms with E-state index in [-0.39, 0.29) is 5.78 Å². The van der Waals surface area contributed by atoms with Gasteiger partial charge in [-0.05, 0) is 31.5 Å². The summed E-state index contributed by atoms with van der Waals surface area (Å²) < 4.78 is 2.38. The number of thioether (sulfide) groups is 1. The van der Waals surface area contributed by atoms with Gasteiger partial charge >= 0.3 is 0 Å². The Bertz CT molecular complexity index is 1120. The van der Waals surface area contributed by atoms with Gasteiger partial charge in [-0.3, -0.25) is 4.79 Å². The Morgan fingerprint density at radius 2 is 1.52 bits per heavy atom. The molecule has 3 heteroatoms. The Kier molecular flexibility index (Phi) is 5.86. The van der Waals surface area contributed by atoms with Gasteiger partial charge < -0.3 is 4.57 Å². The number of hydrogen-bond donors (Lipinski definition) is 0. The molecule has 146 valence electrons. The van der Waals surface area contributed by atoms with Crippen LogP contribution in [0.2, 0.25) is 0 Å². The van der Waals surface area contributed by atoms with E-state index in [4.69, 9.17) is 0 Å². The zero-order chi connectivity index (χ0) is 20.2. The summed E-state index contributed by atoms with van der Waals surface area (Å²) in [5, 5.41) is 1.04. The second kappa shape index (κ2) is 8.71. The molecule has 0 aliphatic carbocycles. The molecule has 4 rings (SSSR count). The quantitative estimate of drug-likeness (QED) is 0.248. The summed E-state index contributed by atoms with van der Waals surface area (Å²) in [4.78, 5) is 14.6. The average Bonchev–Trinajstić information content (AvgIpc) is 3.07. The third-order valence-corrected chi connectivity index (χ3v) is 6.60. The first-order valence-electron chi connectivity index (χ1n) is 10.1. The maximum Gasteiger partial charge on any atom is 0.195 e. The molecule has 0 N–H and O–H groups in total. The first-order valence-corrected chi connectivity index (χ1v) is 11.1. The molecule has 3 aromatic carbocycles. The average molecular weight is 400 g/mol. The number of aromatic nitrogens is 1. The number of carbonyl (C=O) groups excluding carboxylic acids is 1. The van der Waals surface area contributed by atoms with Gasteiger partial charge in [-0.2, -0.15) is 0 Å². The summed E-state index contributed by atoms with van der Waals surface area (Å²) in [6, 6.07) is 28.7. The monoisotopic (exact) mass is 399 g/mol. The largest absolute Gasteiger partial charge is 0.340 e. The number of nitrogens with zero attached hydrogens (tertiary/aromatic N) is 1. The first kappa shape index (κ1) is 19.5. The Labute approximate surface area is 176 Å². The maximum absolute atomic E-state index is 13.4. The van der Waals surface area contributed by atoms with Crippen LogP contribution in [-0.4, -0.2) is 16.1 Å². The van der Waals surface area contributed by atoms with Crippen molar-refractivity contribution in [1.29, 1.82) is 0 Å². The molecule has 2 nitrogen and oxygen atoms in total. The van der Waals surface area contributed by atoms with Gasteiger partial charge in [0.2, 0.25) is 0 Å². The van der Waals surface area contributed by atoms with E-state index >= 15 is 0 Å². The van der Waals surface area contributed by atoms with Gasteiger partial charge in [0.15, 0.2) is 5.78 Å². The number of carbonyl (C=O) groups is 1. The van der Waals surface area contributed by atoms with Crippen molar-refractivity contribution < 1.29 is 4.79 Å². The molecule has 1 atom stereocenters. The molecule has 0 amide bonds. The van der Waals surface area contributed by atoms with E-state index in [0.717, 1.165) is 39.9 Å². The van der Waals surface area contributed by atoms with Crippen LogP contribution in [0.5, 0.6) is 0 Å². The molecule has 0 radical (unpaired) electrons. The van der Waals surface area contributed by atoms with Crippen LogP contribution in [-0.2, 0) is 0 Å². The van der Waals surface area contributed by atoms with Gasteiger partial charge in [-0.1, -0.05) is 73.7 Å². The Morgan fingerprint density at radius 1 is 0.897 bits per heavy atom. The predicted molar refractivity (Wildman–Crippen MR) is 123 cm³/mol. The molecule has 0 saturated carbocycles. The molecule has 1 unspecified atom stereocenters. The smallest absolute Gasteiger partial charge is 0.195 e. The van der Waals surface area contributed by atoms with Crippen LogP contribution in [0.3, 0.4) is 0 Å². The summed E-state index contributed by atoms with van der Waals surface area (Å²) in [5.74, 6) is 1.07. The fourth-order valence-corrected chi connectivity index (χ4v) is 5.09. The number of para-hydroxylation sites is 1. The molecule has 29 heavy (non-hydrogen) atoms. The lowest BCUT2D eigenvalue weighted by Gasteiger charge is -2.20. The lowest BCUT2D eigenvalue weighted by molar-refractivity contribution is 0.103. The molecule has 0 bridgehead atoms. The van der Waals surface area contributed by atoms with Crippen LogP contribution in [0.15, 0.2) is 89.8 Å². The lowest BCUT2D eigenvalue weighted by Crippen LogP contribution is -2.13. The molecular weight excluding hydrogens is 374 g/mol. The van der Waals surface area contributed by atoms with E-state index in [2.05, 4.69) is 60.9 Å². The highest BCUT2D eigenvalue weighted by Crippen LogP contribution is 2.34. The summed E-state index contributed by atoms with van der Waals surface area (Å²) in [5.41, 5.74) is 3.77. The molecule has 0 fully saturated rings. The van der Waals surface area contributed by atoms with Crippen molar-refractivity contribution in [3.63, 3.8) is 0 Å². The van der Waals surface area contributed by atoms with Gasteiger partial charge in [-0.15, -0.1) is 11.8 Å². The fourth-order valence-electron chi connectivity index (χ4n) is 3.97. The van der Waals surface area contributed by atoms with E-state index < -0.39 is 0 Å². The number of fused-ring (bicyclic) bond motifs is 1. The molecule has 1 aromatic heterocycles. The van der Waals surface area contributed by atoms with Crippen molar-refractivity contribution in [1.82, 2.24) is 4.57 Å². The van der Waals surface area contributed by atoms with Gasteiger partial charge in [-0.25, -0.2) is 0 Å². The Balaban J connectivity index is 1.76. The number of hydrogen-bond acceptors (Lipinski definition) is 2. The van der Waals surface area contributed by atoms with Crippen LogP contribution < -0.4 is 0 Å². The molecule has 1 heterocycles. The Hall–Kier alpha value is -2.78. The molecule has 0 aliphatic heterocycles. The zero-order valence-corrected chi connectivity index (χ0v) is 17.7. The number of rotatable bonds is 7. The third kappa shape index (κ3) is 3.88. The number of benzene rings is 3. The number of ketones is 1. The SMILES string of the molecule is CCC(CSc1ccccc1)n1c(C)c(C(=O)c2ccccc2)c2ccccc21. The van der Waals surface area contributed by atoms with Crippen molar-refractivity contribution in [3.8, 4) is 0 Å². The van der Waals surface area contributed by atoms with Crippen LogP contribution in [0, 0.1) is 6.92 Å². The second-order valence-corrected chi connectivity index (χ2v) is 8.32. The normalized spacial score (nSPS) is 12.2. The van der Waals surface area contributed by atoms with Crippen molar-refractivity contribution in [2.45, 2.75) is 31.2 Å². The second-order valence-electron chi connectivity index (χ2n) is 7.23. The van der Waals surface area contributed by atoms with Crippen LogP contribution >= 0.6 is 11.8 Å². The van der Waals surface area contributed by atoms with E-state index in [0.29, 0.717) is 6.04 Å². The fraction of sp³-hybridized carbons (Fsp3) is 0.192. The highest BCUT2D eigenvalue weighted by Gasteiger charge is 2.24. The summed E-state index contributed by atoms with van der Waals surface area (Å²) in [6.07, 6.45) is 1.01. The first-order chi connectivity index (χ1) is 14.2. The Morgan fingerprint density at radius 3 is 2.21 bits per heavy atom. The van der Waals surface area contributed by atoms with Gasteiger partial charge in [0.05, 0.1) is 5.56 Å². The van der Waals surface area contributed by atoms with Gasteiger partial charge in [0.25, 0.3) is 0 Å². The summed E-state index contributed by atoms with van der Waals surface area (Å²) >= 11 is 1.87. The van der Waals surface area contributed by atoms with Crippen LogP contribution in [0.1, 0.15) is 41.0 Å². The standard InChI is InChI=1S/C26H25NOS/c1-3-21(18-29-22-14-8-5-9-15-22)27-19(2)25(23-16-10-11-17-24(23)27)26(28)20-12-6-4-7-13-20/h4-17,21H,3,18H2,1-2H3. The van der Waals surface area contributed by atoms with Crippen molar-refractivity contribution in [3.05, 3.63) is 102 Å². The molecule has 0 spiro atoms. The van der Waals surface area contributed by atoms with E-state index in [1.54, 1.807) is 0 Å². The van der Waals surface area contributed by atoms with E-state index in [1.165, 1.54) is 4.90 Å². The maximum atomic E-state index is 13.4. The molecule has 0 saturated heterocycles. The summed E-state index contributed by atoms with van der Waals surface area (Å²) in [6.45, 7) is 4.31. The minimum absolute atomic E-state index is 0.101. The highest BCUT2D eigenvalue weighted by atomic mass is 32.2. The van der Waals surface area contributed by atoms with Crippen molar-refractivity contribution in [2.24, 2.45) is 0 Å².